The first-order chi connectivity index (χ1) is 14.3. The minimum atomic E-state index is -0.484. The Hall–Kier alpha value is -2.10. The van der Waals surface area contributed by atoms with Crippen molar-refractivity contribution in [2.75, 3.05) is 26.9 Å². The molecule has 0 saturated heterocycles. The maximum Gasteiger partial charge on any atom is 0.276 e. The Balaban J connectivity index is 1.83. The number of halogens is 2. The average molecular weight is 544 g/mol. The van der Waals surface area contributed by atoms with E-state index in [2.05, 4.69) is 56.6 Å². The highest BCUT2D eigenvalue weighted by Gasteiger charge is 2.12. The van der Waals surface area contributed by atoms with Crippen LogP contribution in [-0.2, 0) is 9.53 Å². The van der Waals surface area contributed by atoms with Crippen molar-refractivity contribution in [3.05, 3.63) is 56.5 Å². The van der Waals surface area contributed by atoms with Gasteiger partial charge in [-0.1, -0.05) is 19.9 Å². The molecule has 0 radical (unpaired) electrons. The zero-order chi connectivity index (χ0) is 22.1. The normalized spacial score (nSPS) is 10.6. The third-order valence-corrected chi connectivity index (χ3v) is 5.28. The molecule has 0 aliphatic rings. The lowest BCUT2D eigenvalue weighted by Crippen LogP contribution is -2.43. The van der Waals surface area contributed by atoms with Crippen LogP contribution in [0, 0.1) is 0 Å². The van der Waals surface area contributed by atoms with Crippen LogP contribution in [0.5, 0.6) is 11.5 Å². The maximum absolute atomic E-state index is 12.2. The van der Waals surface area contributed by atoms with Crippen LogP contribution < -0.4 is 20.3 Å². The largest absolute Gasteiger partial charge is 0.490 e. The van der Waals surface area contributed by atoms with Crippen LogP contribution in [0.1, 0.15) is 35.7 Å². The van der Waals surface area contributed by atoms with Crippen molar-refractivity contribution in [2.45, 2.75) is 19.8 Å². The number of hydrazine groups is 1. The van der Waals surface area contributed by atoms with Gasteiger partial charge in [0.2, 0.25) is 0 Å². The summed E-state index contributed by atoms with van der Waals surface area (Å²) in [5.74, 6) is 0.584. The second kappa shape index (κ2) is 11.9. The Labute approximate surface area is 192 Å². The topological polar surface area (TPSA) is 85.9 Å². The lowest BCUT2D eigenvalue weighted by Gasteiger charge is -2.12. The summed E-state index contributed by atoms with van der Waals surface area (Å²) in [6, 6.07) is 10.6. The highest BCUT2D eigenvalue weighted by molar-refractivity contribution is 9.10. The number of amides is 2. The fourth-order valence-electron chi connectivity index (χ4n) is 2.37. The van der Waals surface area contributed by atoms with E-state index in [4.69, 9.17) is 14.2 Å². The second-order valence-electron chi connectivity index (χ2n) is 6.62. The van der Waals surface area contributed by atoms with Gasteiger partial charge in [0.25, 0.3) is 11.8 Å². The van der Waals surface area contributed by atoms with Crippen LogP contribution in [-0.4, -0.2) is 38.7 Å². The average Bonchev–Trinajstić information content (AvgIpc) is 2.72. The minimum Gasteiger partial charge on any atom is -0.490 e. The summed E-state index contributed by atoms with van der Waals surface area (Å²) in [6.45, 7) is 4.81. The minimum absolute atomic E-state index is 0.240. The fourth-order valence-corrected chi connectivity index (χ4v) is 3.37. The van der Waals surface area contributed by atoms with Crippen LogP contribution in [0.2, 0.25) is 0 Å². The first kappa shape index (κ1) is 24.2. The summed E-state index contributed by atoms with van der Waals surface area (Å²) < 4.78 is 17.3. The molecule has 0 saturated carbocycles. The number of ether oxygens (including phenoxy) is 3. The fraction of sp³-hybridized carbons (Fsp3) is 0.333. The third kappa shape index (κ3) is 7.30. The van der Waals surface area contributed by atoms with Crippen LogP contribution in [0.25, 0.3) is 0 Å². The van der Waals surface area contributed by atoms with Gasteiger partial charge in [-0.2, -0.15) is 0 Å². The van der Waals surface area contributed by atoms with E-state index in [0.29, 0.717) is 40.7 Å². The number of nitrogens with one attached hydrogen (secondary N) is 2. The van der Waals surface area contributed by atoms with E-state index in [-0.39, 0.29) is 6.61 Å². The van der Waals surface area contributed by atoms with Gasteiger partial charge in [0.15, 0.2) is 6.61 Å². The van der Waals surface area contributed by atoms with E-state index >= 15 is 0 Å². The molecule has 0 aliphatic carbocycles. The summed E-state index contributed by atoms with van der Waals surface area (Å²) in [5.41, 5.74) is 6.21. The molecule has 2 N–H and O–H groups in total. The van der Waals surface area contributed by atoms with Gasteiger partial charge in [-0.05, 0) is 73.7 Å². The van der Waals surface area contributed by atoms with Gasteiger partial charge in [0.05, 0.1) is 15.6 Å². The van der Waals surface area contributed by atoms with Gasteiger partial charge >= 0.3 is 0 Å². The van der Waals surface area contributed by atoms with E-state index in [1.54, 1.807) is 31.4 Å². The molecule has 0 aliphatic heterocycles. The molecular weight excluding hydrogens is 520 g/mol. The Morgan fingerprint density at radius 2 is 1.60 bits per heavy atom. The Morgan fingerprint density at radius 3 is 2.23 bits per heavy atom. The summed E-state index contributed by atoms with van der Waals surface area (Å²) >= 11 is 6.80. The Bertz CT molecular complexity index is 890. The van der Waals surface area contributed by atoms with Gasteiger partial charge in [-0.3, -0.25) is 20.4 Å². The predicted octanol–water partition coefficient (Wildman–Crippen LogP) is 4.20. The maximum atomic E-state index is 12.2. The van der Waals surface area contributed by atoms with E-state index in [1.165, 1.54) is 0 Å². The van der Waals surface area contributed by atoms with E-state index in [1.807, 2.05) is 12.1 Å². The van der Waals surface area contributed by atoms with Crippen molar-refractivity contribution < 1.29 is 23.8 Å². The summed E-state index contributed by atoms with van der Waals surface area (Å²) in [4.78, 5) is 24.2. The van der Waals surface area contributed by atoms with E-state index in [0.717, 1.165) is 10.0 Å². The van der Waals surface area contributed by atoms with Crippen LogP contribution >= 0.6 is 31.9 Å². The molecule has 0 spiro atoms. The smallest absolute Gasteiger partial charge is 0.276 e. The molecule has 0 atom stereocenters. The third-order valence-electron chi connectivity index (χ3n) is 4.04. The molecule has 162 valence electrons. The molecule has 0 bridgehead atoms. The van der Waals surface area contributed by atoms with Crippen LogP contribution in [0.4, 0.5) is 0 Å². The number of methoxy groups -OCH3 is 1. The predicted molar refractivity (Wildman–Crippen MR) is 121 cm³/mol. The quantitative estimate of drug-likeness (QED) is 0.365. The summed E-state index contributed by atoms with van der Waals surface area (Å²) in [5, 5.41) is 0. The van der Waals surface area contributed by atoms with Gasteiger partial charge in [0.1, 0.15) is 18.1 Å². The van der Waals surface area contributed by atoms with Crippen molar-refractivity contribution >= 4 is 43.7 Å². The van der Waals surface area contributed by atoms with E-state index in [9.17, 15) is 9.59 Å². The van der Waals surface area contributed by atoms with Gasteiger partial charge in [-0.25, -0.2) is 0 Å². The number of rotatable bonds is 9. The molecule has 2 amide bonds. The first-order valence-corrected chi connectivity index (χ1v) is 10.8. The number of hydrogen-bond donors (Lipinski definition) is 2. The van der Waals surface area contributed by atoms with Gasteiger partial charge in [0, 0.05) is 12.7 Å². The molecule has 30 heavy (non-hydrogen) atoms. The molecule has 9 heteroatoms. The standard InChI is InChI=1S/C21H24Br2N2O5/c1-13(2)14-4-6-19(16(22)10-14)30-12-20(26)24-25-21(27)15-5-7-18(17(23)11-15)29-9-8-28-3/h4-7,10-11,13H,8-9,12H2,1-3H3,(H,24,26)(H,25,27). The van der Waals surface area contributed by atoms with Crippen LogP contribution in [0.15, 0.2) is 45.3 Å². The van der Waals surface area contributed by atoms with Crippen molar-refractivity contribution in [1.82, 2.24) is 10.9 Å². The molecule has 0 fully saturated rings. The lowest BCUT2D eigenvalue weighted by atomic mass is 10.0. The summed E-state index contributed by atoms with van der Waals surface area (Å²) in [7, 11) is 1.59. The van der Waals surface area contributed by atoms with Crippen molar-refractivity contribution in [3.8, 4) is 11.5 Å². The number of carbonyl (C=O) groups excluding carboxylic acids is 2. The zero-order valence-corrected chi connectivity index (χ0v) is 20.1. The number of benzene rings is 2. The SMILES string of the molecule is COCCOc1ccc(C(=O)NNC(=O)COc2ccc(C(C)C)cc2Br)cc1Br. The van der Waals surface area contributed by atoms with Crippen LogP contribution in [0.3, 0.4) is 0 Å². The van der Waals surface area contributed by atoms with Gasteiger partial charge in [-0.15, -0.1) is 0 Å². The van der Waals surface area contributed by atoms with Crippen molar-refractivity contribution in [1.29, 1.82) is 0 Å². The van der Waals surface area contributed by atoms with Crippen molar-refractivity contribution in [3.63, 3.8) is 0 Å². The Morgan fingerprint density at radius 1 is 0.933 bits per heavy atom. The van der Waals surface area contributed by atoms with E-state index < -0.39 is 11.8 Å². The Kier molecular flexibility index (Phi) is 9.61. The monoisotopic (exact) mass is 542 g/mol. The lowest BCUT2D eigenvalue weighted by molar-refractivity contribution is -0.123. The molecule has 2 aromatic rings. The number of hydrogen-bond acceptors (Lipinski definition) is 5. The molecular formula is C21H24Br2N2O5. The molecule has 0 aromatic heterocycles. The molecule has 2 rings (SSSR count). The molecule has 0 unspecified atom stereocenters. The van der Waals surface area contributed by atoms with Crippen molar-refractivity contribution in [2.24, 2.45) is 0 Å². The second-order valence-corrected chi connectivity index (χ2v) is 8.33. The molecule has 2 aromatic carbocycles. The zero-order valence-electron chi connectivity index (χ0n) is 17.0. The first-order valence-electron chi connectivity index (χ1n) is 9.24. The number of carbonyl (C=O) groups is 2. The highest BCUT2D eigenvalue weighted by atomic mass is 79.9. The molecule has 7 nitrogen and oxygen atoms in total. The molecule has 0 heterocycles. The highest BCUT2D eigenvalue weighted by Crippen LogP contribution is 2.29. The summed E-state index contributed by atoms with van der Waals surface area (Å²) in [6.07, 6.45) is 0. The van der Waals surface area contributed by atoms with Gasteiger partial charge < -0.3 is 14.2 Å².